The smallest absolute Gasteiger partial charge is 0.263 e. The van der Waals surface area contributed by atoms with Gasteiger partial charge in [-0.1, -0.05) is 6.92 Å². The Balaban J connectivity index is 2.80. The number of carbonyl (C=O) groups is 1. The summed E-state index contributed by atoms with van der Waals surface area (Å²) in [6.07, 6.45) is 1.67. The summed E-state index contributed by atoms with van der Waals surface area (Å²) in [5, 5.41) is 15.7. The predicted molar refractivity (Wildman–Crippen MR) is 81.1 cm³/mol. The maximum Gasteiger partial charge on any atom is 0.263 e. The molecular formula is C13H20N4O2S. The summed E-state index contributed by atoms with van der Waals surface area (Å²) in [6, 6.07) is 2.05. The van der Waals surface area contributed by atoms with Crippen molar-refractivity contribution in [2.75, 3.05) is 37.9 Å². The van der Waals surface area contributed by atoms with Crippen LogP contribution in [0.3, 0.4) is 0 Å². The zero-order valence-corrected chi connectivity index (χ0v) is 12.6. The van der Waals surface area contributed by atoms with Crippen LogP contribution in [0.4, 0.5) is 10.7 Å². The molecule has 0 aromatic carbocycles. The van der Waals surface area contributed by atoms with Crippen LogP contribution in [-0.4, -0.2) is 32.7 Å². The van der Waals surface area contributed by atoms with Gasteiger partial charge in [0.2, 0.25) is 0 Å². The number of methoxy groups -OCH3 is 1. The summed E-state index contributed by atoms with van der Waals surface area (Å²) in [6.45, 7) is 3.87. The van der Waals surface area contributed by atoms with Crippen molar-refractivity contribution >= 4 is 27.9 Å². The van der Waals surface area contributed by atoms with Crippen LogP contribution in [0.1, 0.15) is 35.0 Å². The van der Waals surface area contributed by atoms with Gasteiger partial charge in [-0.15, -0.1) is 11.3 Å². The highest BCUT2D eigenvalue weighted by Crippen LogP contribution is 2.35. The van der Waals surface area contributed by atoms with Crippen molar-refractivity contribution in [3.8, 4) is 6.07 Å². The van der Waals surface area contributed by atoms with Gasteiger partial charge >= 0.3 is 0 Å². The highest BCUT2D eigenvalue weighted by molar-refractivity contribution is 7.18. The Morgan fingerprint density at radius 1 is 1.50 bits per heavy atom. The number of thiophene rings is 1. The fourth-order valence-electron chi connectivity index (χ4n) is 1.59. The van der Waals surface area contributed by atoms with E-state index in [0.29, 0.717) is 35.1 Å². The molecule has 0 aliphatic carbocycles. The normalized spacial score (nSPS) is 10.1. The Morgan fingerprint density at radius 2 is 2.25 bits per heavy atom. The summed E-state index contributed by atoms with van der Waals surface area (Å²) in [7, 11) is 1.64. The number of hydrogen-bond acceptors (Lipinski definition) is 6. The predicted octanol–water partition coefficient (Wildman–Crippen LogP) is 1.79. The van der Waals surface area contributed by atoms with Gasteiger partial charge in [0.05, 0.1) is 5.69 Å². The number of rotatable bonds is 8. The Kier molecular flexibility index (Phi) is 6.84. The summed E-state index contributed by atoms with van der Waals surface area (Å²) in [4.78, 5) is 12.3. The van der Waals surface area contributed by atoms with Crippen molar-refractivity contribution in [1.29, 1.82) is 5.26 Å². The third kappa shape index (κ3) is 4.11. The molecule has 4 N–H and O–H groups in total. The standard InChI is InChI=1S/C13H20N4O2S/c1-3-5-16-12(18)11-10(15)9(8-14)13(20-11)17-6-4-7-19-2/h17H,3-7,15H2,1-2H3,(H,16,18). The number of hydrogen-bond donors (Lipinski definition) is 3. The molecular weight excluding hydrogens is 276 g/mol. The van der Waals surface area contributed by atoms with Crippen molar-refractivity contribution in [2.24, 2.45) is 0 Å². The van der Waals surface area contributed by atoms with E-state index in [1.54, 1.807) is 7.11 Å². The number of nitrogens with two attached hydrogens (primary N) is 1. The van der Waals surface area contributed by atoms with Crippen LogP contribution in [0.5, 0.6) is 0 Å². The third-order valence-corrected chi connectivity index (χ3v) is 3.77. The minimum Gasteiger partial charge on any atom is -0.396 e. The molecule has 0 aliphatic heterocycles. The molecule has 0 bridgehead atoms. The Labute approximate surface area is 122 Å². The molecule has 0 unspecified atom stereocenters. The highest BCUT2D eigenvalue weighted by Gasteiger charge is 2.20. The van der Waals surface area contributed by atoms with Crippen molar-refractivity contribution in [3.63, 3.8) is 0 Å². The quantitative estimate of drug-likeness (QED) is 0.635. The molecule has 1 heterocycles. The van der Waals surface area contributed by atoms with E-state index in [1.807, 2.05) is 13.0 Å². The molecule has 0 aliphatic rings. The number of ether oxygens (including phenoxy) is 1. The minimum atomic E-state index is -0.226. The summed E-state index contributed by atoms with van der Waals surface area (Å²) >= 11 is 1.22. The van der Waals surface area contributed by atoms with Gasteiger partial charge in [-0.05, 0) is 12.8 Å². The molecule has 0 atom stereocenters. The van der Waals surface area contributed by atoms with E-state index < -0.39 is 0 Å². The lowest BCUT2D eigenvalue weighted by molar-refractivity contribution is 0.0958. The molecule has 0 saturated heterocycles. The Hall–Kier alpha value is -1.78. The van der Waals surface area contributed by atoms with Crippen LogP contribution in [0.25, 0.3) is 0 Å². The van der Waals surface area contributed by atoms with Gasteiger partial charge in [0.1, 0.15) is 21.5 Å². The third-order valence-electron chi connectivity index (χ3n) is 2.61. The SMILES string of the molecule is CCCNC(=O)c1sc(NCCCOC)c(C#N)c1N. The highest BCUT2D eigenvalue weighted by atomic mass is 32.1. The molecule has 6 nitrogen and oxygen atoms in total. The summed E-state index contributed by atoms with van der Waals surface area (Å²) < 4.78 is 4.96. The fourth-order valence-corrected chi connectivity index (χ4v) is 2.60. The first-order valence-electron chi connectivity index (χ1n) is 6.49. The molecule has 0 spiro atoms. The second-order valence-electron chi connectivity index (χ2n) is 4.19. The van der Waals surface area contributed by atoms with Crippen LogP contribution in [0.2, 0.25) is 0 Å². The molecule has 20 heavy (non-hydrogen) atoms. The lowest BCUT2D eigenvalue weighted by Gasteiger charge is -2.03. The Bertz CT molecular complexity index is 493. The molecule has 0 radical (unpaired) electrons. The average molecular weight is 296 g/mol. The van der Waals surface area contributed by atoms with Crippen LogP contribution in [0, 0.1) is 11.3 Å². The van der Waals surface area contributed by atoms with Gasteiger partial charge in [0.15, 0.2) is 0 Å². The molecule has 1 amide bonds. The number of carbonyl (C=O) groups excluding carboxylic acids is 1. The topological polar surface area (TPSA) is 100 Å². The van der Waals surface area contributed by atoms with Crippen molar-refractivity contribution in [2.45, 2.75) is 19.8 Å². The monoisotopic (exact) mass is 296 g/mol. The number of nitriles is 1. The number of nitrogens with one attached hydrogen (secondary N) is 2. The van der Waals surface area contributed by atoms with E-state index in [-0.39, 0.29) is 11.6 Å². The van der Waals surface area contributed by atoms with Gasteiger partial charge in [-0.3, -0.25) is 4.79 Å². The van der Waals surface area contributed by atoms with Crippen LogP contribution < -0.4 is 16.4 Å². The molecule has 0 saturated carbocycles. The molecule has 110 valence electrons. The van der Waals surface area contributed by atoms with E-state index >= 15 is 0 Å². The second kappa shape index (κ2) is 8.40. The molecule has 0 fully saturated rings. The van der Waals surface area contributed by atoms with E-state index in [1.165, 1.54) is 11.3 Å². The van der Waals surface area contributed by atoms with E-state index in [9.17, 15) is 4.79 Å². The van der Waals surface area contributed by atoms with E-state index in [4.69, 9.17) is 15.7 Å². The van der Waals surface area contributed by atoms with Crippen LogP contribution in [0.15, 0.2) is 0 Å². The van der Waals surface area contributed by atoms with Gasteiger partial charge in [0.25, 0.3) is 5.91 Å². The second-order valence-corrected chi connectivity index (χ2v) is 5.21. The van der Waals surface area contributed by atoms with Gasteiger partial charge in [-0.2, -0.15) is 5.26 Å². The lowest BCUT2D eigenvalue weighted by Crippen LogP contribution is -2.23. The van der Waals surface area contributed by atoms with Crippen molar-refractivity contribution in [1.82, 2.24) is 5.32 Å². The Morgan fingerprint density at radius 3 is 2.85 bits per heavy atom. The number of amides is 1. The van der Waals surface area contributed by atoms with Gasteiger partial charge < -0.3 is 21.1 Å². The zero-order chi connectivity index (χ0) is 15.0. The van der Waals surface area contributed by atoms with Crippen molar-refractivity contribution in [3.05, 3.63) is 10.4 Å². The lowest BCUT2D eigenvalue weighted by atomic mass is 10.2. The van der Waals surface area contributed by atoms with Crippen LogP contribution >= 0.6 is 11.3 Å². The minimum absolute atomic E-state index is 0.226. The van der Waals surface area contributed by atoms with E-state index in [2.05, 4.69) is 10.6 Å². The average Bonchev–Trinajstić information content (AvgIpc) is 2.77. The largest absolute Gasteiger partial charge is 0.396 e. The van der Waals surface area contributed by atoms with Gasteiger partial charge in [-0.25, -0.2) is 0 Å². The summed E-state index contributed by atoms with van der Waals surface area (Å²) in [5.41, 5.74) is 6.47. The molecule has 1 rings (SSSR count). The number of nitrogens with zero attached hydrogens (tertiary/aromatic N) is 1. The first-order chi connectivity index (χ1) is 9.65. The number of nitrogen functional groups attached to an aromatic ring is 1. The molecule has 1 aromatic heterocycles. The molecule has 1 aromatic rings. The zero-order valence-electron chi connectivity index (χ0n) is 11.8. The van der Waals surface area contributed by atoms with Gasteiger partial charge in [0, 0.05) is 26.8 Å². The fraction of sp³-hybridized carbons (Fsp3) is 0.538. The maximum atomic E-state index is 11.9. The number of anilines is 2. The summed E-state index contributed by atoms with van der Waals surface area (Å²) in [5.74, 6) is -0.226. The van der Waals surface area contributed by atoms with Crippen molar-refractivity contribution < 1.29 is 9.53 Å². The molecule has 7 heteroatoms. The first-order valence-corrected chi connectivity index (χ1v) is 7.30. The van der Waals surface area contributed by atoms with E-state index in [0.717, 1.165) is 12.8 Å². The maximum absolute atomic E-state index is 11.9. The first kappa shape index (κ1) is 16.3. The van der Waals surface area contributed by atoms with Crippen LogP contribution in [-0.2, 0) is 4.74 Å².